The topological polar surface area (TPSA) is 41.6 Å². The van der Waals surface area contributed by atoms with Crippen molar-refractivity contribution < 1.29 is 9.53 Å². The van der Waals surface area contributed by atoms with Crippen LogP contribution < -0.4 is 15.0 Å². The highest BCUT2D eigenvalue weighted by molar-refractivity contribution is 6.02. The van der Waals surface area contributed by atoms with Gasteiger partial charge in [-0.15, -0.1) is 0 Å². The third-order valence-corrected chi connectivity index (χ3v) is 3.88. The fourth-order valence-corrected chi connectivity index (χ4v) is 2.97. The Bertz CT molecular complexity index is 697. The number of fused-ring (bicyclic) bond motifs is 3. The van der Waals surface area contributed by atoms with Crippen molar-refractivity contribution in [1.29, 1.82) is 0 Å². The molecule has 100 valence electrons. The minimum Gasteiger partial charge on any atom is -0.464 e. The van der Waals surface area contributed by atoms with E-state index in [1.165, 1.54) is 0 Å². The molecule has 4 rings (SSSR count). The number of nitrogens with zero attached hydrogens (tertiary/aromatic N) is 1. The maximum absolute atomic E-state index is 11.6. The van der Waals surface area contributed by atoms with E-state index in [1.54, 1.807) is 0 Å². The second-order valence-electron chi connectivity index (χ2n) is 5.16. The Morgan fingerprint density at radius 3 is 2.80 bits per heavy atom. The molecule has 0 aliphatic carbocycles. The lowest BCUT2D eigenvalue weighted by Gasteiger charge is -2.21. The number of rotatable bonds is 1. The molecule has 20 heavy (non-hydrogen) atoms. The van der Waals surface area contributed by atoms with Gasteiger partial charge < -0.3 is 15.0 Å². The van der Waals surface area contributed by atoms with Crippen molar-refractivity contribution in [3.8, 4) is 5.75 Å². The highest BCUT2D eigenvalue weighted by atomic mass is 16.5. The molecule has 2 aliphatic heterocycles. The van der Waals surface area contributed by atoms with E-state index in [2.05, 4.69) is 22.3 Å². The van der Waals surface area contributed by atoms with Crippen molar-refractivity contribution in [2.45, 2.75) is 12.6 Å². The number of benzene rings is 2. The van der Waals surface area contributed by atoms with Gasteiger partial charge in [-0.1, -0.05) is 30.3 Å². The summed E-state index contributed by atoms with van der Waals surface area (Å²) in [6, 6.07) is 14.0. The second kappa shape index (κ2) is 4.00. The first-order valence-corrected chi connectivity index (χ1v) is 6.64. The number of hydrogen-bond acceptors (Lipinski definition) is 3. The SMILES string of the molecule is CN1c2c(ccc3c2CC(=O)N3)OC1c1ccccc1. The molecular weight excluding hydrogens is 252 g/mol. The molecule has 0 fully saturated rings. The number of carbonyl (C=O) groups is 1. The quantitative estimate of drug-likeness (QED) is 0.863. The van der Waals surface area contributed by atoms with Gasteiger partial charge in [-0.25, -0.2) is 0 Å². The van der Waals surface area contributed by atoms with Gasteiger partial charge in [0.05, 0.1) is 12.1 Å². The number of ether oxygens (including phenoxy) is 1. The van der Waals surface area contributed by atoms with Crippen LogP contribution in [-0.4, -0.2) is 13.0 Å². The van der Waals surface area contributed by atoms with Crippen molar-refractivity contribution in [2.75, 3.05) is 17.3 Å². The van der Waals surface area contributed by atoms with Crippen LogP contribution >= 0.6 is 0 Å². The molecule has 1 N–H and O–H groups in total. The largest absolute Gasteiger partial charge is 0.464 e. The molecular formula is C16H14N2O2. The number of nitrogens with one attached hydrogen (secondary N) is 1. The molecule has 2 aliphatic rings. The Kier molecular flexibility index (Phi) is 2.27. The Balaban J connectivity index is 1.79. The lowest BCUT2D eigenvalue weighted by Crippen LogP contribution is -2.22. The van der Waals surface area contributed by atoms with E-state index in [1.807, 2.05) is 37.4 Å². The van der Waals surface area contributed by atoms with E-state index in [4.69, 9.17) is 4.74 Å². The summed E-state index contributed by atoms with van der Waals surface area (Å²) < 4.78 is 6.05. The van der Waals surface area contributed by atoms with Crippen LogP contribution in [0.5, 0.6) is 5.75 Å². The third kappa shape index (κ3) is 1.51. The zero-order chi connectivity index (χ0) is 13.7. The Morgan fingerprint density at radius 1 is 1.20 bits per heavy atom. The van der Waals surface area contributed by atoms with Gasteiger partial charge in [0.1, 0.15) is 5.75 Å². The zero-order valence-corrected chi connectivity index (χ0v) is 11.1. The van der Waals surface area contributed by atoms with Gasteiger partial charge in [0, 0.05) is 23.9 Å². The van der Waals surface area contributed by atoms with E-state index >= 15 is 0 Å². The van der Waals surface area contributed by atoms with Crippen molar-refractivity contribution in [3.05, 3.63) is 53.6 Å². The number of carbonyl (C=O) groups excluding carboxylic acids is 1. The van der Waals surface area contributed by atoms with Crippen LogP contribution in [0.1, 0.15) is 17.4 Å². The summed E-state index contributed by atoms with van der Waals surface area (Å²) in [5, 5.41) is 2.88. The minimum absolute atomic E-state index is 0.0463. The van der Waals surface area contributed by atoms with Crippen LogP contribution in [0.4, 0.5) is 11.4 Å². The van der Waals surface area contributed by atoms with Crippen molar-refractivity contribution in [3.63, 3.8) is 0 Å². The van der Waals surface area contributed by atoms with Gasteiger partial charge in [-0.05, 0) is 12.1 Å². The maximum Gasteiger partial charge on any atom is 0.228 e. The van der Waals surface area contributed by atoms with Gasteiger partial charge in [0.15, 0.2) is 6.23 Å². The third-order valence-electron chi connectivity index (χ3n) is 3.88. The molecule has 2 heterocycles. The van der Waals surface area contributed by atoms with E-state index in [0.29, 0.717) is 6.42 Å². The smallest absolute Gasteiger partial charge is 0.228 e. The molecule has 0 bridgehead atoms. The minimum atomic E-state index is -0.131. The normalized spacial score (nSPS) is 19.4. The van der Waals surface area contributed by atoms with Crippen LogP contribution in [0.25, 0.3) is 0 Å². The van der Waals surface area contributed by atoms with E-state index < -0.39 is 0 Å². The molecule has 2 aromatic carbocycles. The molecule has 0 saturated heterocycles. The highest BCUT2D eigenvalue weighted by Gasteiger charge is 2.35. The van der Waals surface area contributed by atoms with Crippen molar-refractivity contribution in [1.82, 2.24) is 0 Å². The summed E-state index contributed by atoms with van der Waals surface area (Å²) in [6.07, 6.45) is 0.293. The summed E-state index contributed by atoms with van der Waals surface area (Å²) in [5.74, 6) is 0.890. The van der Waals surface area contributed by atoms with Crippen LogP contribution in [0, 0.1) is 0 Å². The van der Waals surface area contributed by atoms with Gasteiger partial charge in [-0.2, -0.15) is 0 Å². The average Bonchev–Trinajstić information content (AvgIpc) is 2.99. The summed E-state index contributed by atoms with van der Waals surface area (Å²) in [7, 11) is 2.01. The molecule has 1 amide bonds. The van der Waals surface area contributed by atoms with Crippen LogP contribution in [-0.2, 0) is 11.2 Å². The van der Waals surface area contributed by atoms with Crippen LogP contribution in [0.2, 0.25) is 0 Å². The summed E-state index contributed by atoms with van der Waals surface area (Å²) in [6.45, 7) is 0. The molecule has 1 unspecified atom stereocenters. The Hall–Kier alpha value is -2.49. The van der Waals surface area contributed by atoms with E-state index in [9.17, 15) is 4.79 Å². The van der Waals surface area contributed by atoms with Gasteiger partial charge in [0.25, 0.3) is 0 Å². The number of anilines is 2. The Labute approximate surface area is 117 Å². The van der Waals surface area contributed by atoms with Gasteiger partial charge in [-0.3, -0.25) is 4.79 Å². The predicted octanol–water partition coefficient (Wildman–Crippen LogP) is 2.71. The first-order valence-electron chi connectivity index (χ1n) is 6.64. The lowest BCUT2D eigenvalue weighted by molar-refractivity contribution is -0.115. The van der Waals surface area contributed by atoms with Crippen molar-refractivity contribution >= 4 is 17.3 Å². The molecule has 0 radical (unpaired) electrons. The average molecular weight is 266 g/mol. The molecule has 4 nitrogen and oxygen atoms in total. The summed E-state index contributed by atoms with van der Waals surface area (Å²) >= 11 is 0. The fraction of sp³-hybridized carbons (Fsp3) is 0.188. The summed E-state index contributed by atoms with van der Waals surface area (Å²) in [5.41, 5.74) is 4.07. The first-order chi connectivity index (χ1) is 9.74. The lowest BCUT2D eigenvalue weighted by atomic mass is 10.1. The monoisotopic (exact) mass is 266 g/mol. The molecule has 4 heteroatoms. The van der Waals surface area contributed by atoms with E-state index in [-0.39, 0.29) is 12.1 Å². The second-order valence-corrected chi connectivity index (χ2v) is 5.16. The first kappa shape index (κ1) is 11.3. The van der Waals surface area contributed by atoms with Gasteiger partial charge in [0.2, 0.25) is 5.91 Å². The van der Waals surface area contributed by atoms with Gasteiger partial charge >= 0.3 is 0 Å². The summed E-state index contributed by atoms with van der Waals surface area (Å²) in [4.78, 5) is 13.7. The standard InChI is InChI=1S/C16H14N2O2/c1-18-15-11-9-14(19)17-12(11)7-8-13(15)20-16(18)10-5-3-2-4-6-10/h2-8,16H,9H2,1H3,(H,17,19). The highest BCUT2D eigenvalue weighted by Crippen LogP contribution is 2.48. The van der Waals surface area contributed by atoms with Crippen molar-refractivity contribution in [2.24, 2.45) is 0 Å². The maximum atomic E-state index is 11.6. The molecule has 0 saturated carbocycles. The number of hydrogen-bond donors (Lipinski definition) is 1. The predicted molar refractivity (Wildman–Crippen MR) is 77.0 cm³/mol. The van der Waals surface area contributed by atoms with Crippen LogP contribution in [0.15, 0.2) is 42.5 Å². The van der Waals surface area contributed by atoms with Crippen LogP contribution in [0.3, 0.4) is 0 Å². The zero-order valence-electron chi connectivity index (χ0n) is 11.1. The molecule has 0 spiro atoms. The molecule has 1 atom stereocenters. The molecule has 0 aromatic heterocycles. The van der Waals surface area contributed by atoms with E-state index in [0.717, 1.165) is 28.3 Å². The Morgan fingerprint density at radius 2 is 2.00 bits per heavy atom. The fourth-order valence-electron chi connectivity index (χ4n) is 2.97. The molecule has 2 aromatic rings. The number of amides is 1.